The van der Waals surface area contributed by atoms with Crippen molar-refractivity contribution >= 4 is 5.91 Å². The summed E-state index contributed by atoms with van der Waals surface area (Å²) in [7, 11) is 1.58. The number of nitrogens with zero attached hydrogens (tertiary/aromatic N) is 3. The number of pyridine rings is 1. The molecule has 164 valence electrons. The van der Waals surface area contributed by atoms with Crippen LogP contribution in [0.4, 0.5) is 4.39 Å². The van der Waals surface area contributed by atoms with E-state index in [1.54, 1.807) is 37.7 Å². The van der Waals surface area contributed by atoms with Gasteiger partial charge in [0.1, 0.15) is 11.6 Å². The first kappa shape index (κ1) is 20.4. The molecule has 0 N–H and O–H groups in total. The van der Waals surface area contributed by atoms with Crippen molar-refractivity contribution in [1.82, 2.24) is 14.8 Å². The first-order valence-electron chi connectivity index (χ1n) is 11.4. The van der Waals surface area contributed by atoms with Crippen molar-refractivity contribution in [2.75, 3.05) is 26.7 Å². The van der Waals surface area contributed by atoms with Crippen molar-refractivity contribution in [1.29, 1.82) is 0 Å². The molecule has 0 radical (unpaired) electrons. The van der Waals surface area contributed by atoms with Crippen LogP contribution in [0, 0.1) is 17.7 Å². The van der Waals surface area contributed by atoms with Crippen LogP contribution >= 0.6 is 0 Å². The predicted octanol–water partition coefficient (Wildman–Crippen LogP) is 3.79. The van der Waals surface area contributed by atoms with Crippen LogP contribution in [0.5, 0.6) is 5.75 Å². The first-order chi connectivity index (χ1) is 15.1. The van der Waals surface area contributed by atoms with E-state index in [1.807, 2.05) is 11.0 Å². The summed E-state index contributed by atoms with van der Waals surface area (Å²) in [5.74, 6) is 1.28. The Morgan fingerprint density at radius 2 is 2.10 bits per heavy atom. The van der Waals surface area contributed by atoms with Gasteiger partial charge < -0.3 is 9.64 Å². The fourth-order valence-electron chi connectivity index (χ4n) is 6.15. The third-order valence-corrected chi connectivity index (χ3v) is 7.48. The maximum atomic E-state index is 13.9. The Labute approximate surface area is 183 Å². The van der Waals surface area contributed by atoms with E-state index in [-0.39, 0.29) is 11.7 Å². The summed E-state index contributed by atoms with van der Waals surface area (Å²) in [6.45, 7) is 2.66. The van der Waals surface area contributed by atoms with Crippen LogP contribution < -0.4 is 4.74 Å². The van der Waals surface area contributed by atoms with Crippen LogP contribution in [0.3, 0.4) is 0 Å². The lowest BCUT2D eigenvalue weighted by Crippen LogP contribution is -2.64. The van der Waals surface area contributed by atoms with E-state index in [0.717, 1.165) is 38.0 Å². The molecular weight excluding hydrogens is 393 g/mol. The second kappa shape index (κ2) is 8.58. The van der Waals surface area contributed by atoms with E-state index < -0.39 is 0 Å². The molecule has 0 unspecified atom stereocenters. The fourth-order valence-corrected chi connectivity index (χ4v) is 6.15. The van der Waals surface area contributed by atoms with Crippen molar-refractivity contribution in [3.05, 3.63) is 59.7 Å². The smallest absolute Gasteiger partial charge is 0.257 e. The number of carbonyl (C=O) groups is 1. The number of fused-ring (bicyclic) bond motifs is 4. The summed E-state index contributed by atoms with van der Waals surface area (Å²) >= 11 is 0. The van der Waals surface area contributed by atoms with Gasteiger partial charge >= 0.3 is 0 Å². The number of aromatic nitrogens is 1. The normalized spacial score (nSPS) is 28.1. The van der Waals surface area contributed by atoms with Gasteiger partial charge in [-0.25, -0.2) is 4.39 Å². The van der Waals surface area contributed by atoms with Crippen molar-refractivity contribution in [2.45, 2.75) is 44.2 Å². The molecule has 3 aliphatic heterocycles. The van der Waals surface area contributed by atoms with Crippen molar-refractivity contribution in [3.8, 4) is 5.75 Å². The van der Waals surface area contributed by atoms with Crippen LogP contribution in [-0.2, 0) is 6.42 Å². The zero-order chi connectivity index (χ0) is 21.4. The summed E-state index contributed by atoms with van der Waals surface area (Å²) in [6, 6.07) is 9.61. The molecule has 3 fully saturated rings. The average Bonchev–Trinajstić information content (AvgIpc) is 2.81. The minimum atomic E-state index is -0.174. The van der Waals surface area contributed by atoms with Crippen LogP contribution in [-0.4, -0.2) is 59.5 Å². The van der Waals surface area contributed by atoms with Crippen LogP contribution in [0.15, 0.2) is 42.7 Å². The largest absolute Gasteiger partial charge is 0.494 e. The van der Waals surface area contributed by atoms with Gasteiger partial charge in [-0.2, -0.15) is 0 Å². The summed E-state index contributed by atoms with van der Waals surface area (Å²) in [6.07, 6.45) is 8.92. The van der Waals surface area contributed by atoms with E-state index in [0.29, 0.717) is 35.2 Å². The van der Waals surface area contributed by atoms with Gasteiger partial charge in [-0.1, -0.05) is 18.6 Å². The molecule has 6 heteroatoms. The number of amides is 1. The lowest BCUT2D eigenvalue weighted by atomic mass is 9.71. The third kappa shape index (κ3) is 3.93. The van der Waals surface area contributed by atoms with E-state index in [9.17, 15) is 9.18 Å². The van der Waals surface area contributed by atoms with E-state index >= 15 is 0 Å². The molecule has 3 saturated heterocycles. The Kier molecular flexibility index (Phi) is 5.65. The number of likely N-dealkylation sites (tertiary alicyclic amines) is 1. The third-order valence-electron chi connectivity index (χ3n) is 7.48. The fraction of sp³-hybridized carbons (Fsp3) is 0.520. The lowest BCUT2D eigenvalue weighted by molar-refractivity contribution is -0.0642. The zero-order valence-corrected chi connectivity index (χ0v) is 18.0. The van der Waals surface area contributed by atoms with Gasteiger partial charge in [0.2, 0.25) is 0 Å². The second-order valence-corrected chi connectivity index (χ2v) is 9.24. The highest BCUT2D eigenvalue weighted by Gasteiger charge is 2.48. The van der Waals surface area contributed by atoms with Crippen LogP contribution in [0.1, 0.15) is 41.6 Å². The summed E-state index contributed by atoms with van der Waals surface area (Å²) in [5, 5.41) is 0. The highest BCUT2D eigenvalue weighted by atomic mass is 19.1. The quantitative estimate of drug-likeness (QED) is 0.751. The van der Waals surface area contributed by atoms with Gasteiger partial charge in [-0.05, 0) is 67.8 Å². The summed E-state index contributed by atoms with van der Waals surface area (Å²) in [5.41, 5.74) is 1.63. The molecule has 0 aliphatic carbocycles. The number of carbonyl (C=O) groups excluding carboxylic acids is 1. The van der Waals surface area contributed by atoms with E-state index in [4.69, 9.17) is 4.74 Å². The molecule has 1 aromatic carbocycles. The van der Waals surface area contributed by atoms with Crippen molar-refractivity contribution in [3.63, 3.8) is 0 Å². The minimum absolute atomic E-state index is 0.0303. The molecular formula is C25H30FN3O2. The topological polar surface area (TPSA) is 45.7 Å². The summed E-state index contributed by atoms with van der Waals surface area (Å²) < 4.78 is 19.2. The van der Waals surface area contributed by atoms with Gasteiger partial charge in [-0.3, -0.25) is 14.7 Å². The number of piperidine rings is 3. The number of rotatable bonds is 4. The van der Waals surface area contributed by atoms with Gasteiger partial charge in [0.15, 0.2) is 0 Å². The molecule has 1 amide bonds. The molecule has 3 aliphatic rings. The molecule has 4 atom stereocenters. The number of benzene rings is 1. The predicted molar refractivity (Wildman–Crippen MR) is 117 cm³/mol. The Bertz CT molecular complexity index is 952. The number of hydrogen-bond donors (Lipinski definition) is 0. The number of ether oxygens (including phenoxy) is 1. The Morgan fingerprint density at radius 1 is 1.23 bits per heavy atom. The molecule has 5 nitrogen and oxygen atoms in total. The van der Waals surface area contributed by atoms with Crippen molar-refractivity contribution < 1.29 is 13.9 Å². The molecule has 2 aromatic rings. The summed E-state index contributed by atoms with van der Waals surface area (Å²) in [4.78, 5) is 22.2. The van der Waals surface area contributed by atoms with Gasteiger partial charge in [0.25, 0.3) is 5.91 Å². The second-order valence-electron chi connectivity index (χ2n) is 9.24. The van der Waals surface area contributed by atoms with Gasteiger partial charge in [0, 0.05) is 31.4 Å². The molecule has 2 bridgehead atoms. The number of hydrogen-bond acceptors (Lipinski definition) is 4. The number of halogens is 1. The maximum absolute atomic E-state index is 13.9. The highest BCUT2D eigenvalue weighted by molar-refractivity contribution is 5.96. The SMILES string of the molecule is COc1cnccc1C(=O)N1C[C@H]2C[C@@H](C1)[C@H](Cc1cccc(F)c1)N1CCCC[C@@H]21. The minimum Gasteiger partial charge on any atom is -0.494 e. The first-order valence-corrected chi connectivity index (χ1v) is 11.4. The van der Waals surface area contributed by atoms with E-state index in [2.05, 4.69) is 9.88 Å². The Balaban J connectivity index is 1.42. The van der Waals surface area contributed by atoms with Crippen LogP contribution in [0.25, 0.3) is 0 Å². The molecule has 0 spiro atoms. The molecule has 1 aromatic heterocycles. The Morgan fingerprint density at radius 3 is 2.94 bits per heavy atom. The standard InChI is InChI=1S/C25H30FN3O2/c1-31-24-14-27-9-8-21(24)25(30)28-15-18-13-19(16-28)23(29-10-3-2-7-22(18)29)12-17-5-4-6-20(26)11-17/h4-6,8-9,11,14,18-19,22-23H,2-3,7,10,12-13,15-16H2,1H3/t18-,19+,22+,23+/m1/s1. The van der Waals surface area contributed by atoms with Crippen LogP contribution in [0.2, 0.25) is 0 Å². The zero-order valence-electron chi connectivity index (χ0n) is 18.0. The number of methoxy groups -OCH3 is 1. The maximum Gasteiger partial charge on any atom is 0.257 e. The lowest BCUT2D eigenvalue weighted by Gasteiger charge is -2.57. The van der Waals surface area contributed by atoms with E-state index in [1.165, 1.54) is 25.3 Å². The molecule has 4 heterocycles. The molecule has 0 saturated carbocycles. The molecule has 31 heavy (non-hydrogen) atoms. The van der Waals surface area contributed by atoms with Crippen molar-refractivity contribution in [2.24, 2.45) is 11.8 Å². The Hall–Kier alpha value is -2.47. The average molecular weight is 424 g/mol. The van der Waals surface area contributed by atoms with Gasteiger partial charge in [-0.15, -0.1) is 0 Å². The van der Waals surface area contributed by atoms with Gasteiger partial charge in [0.05, 0.1) is 18.9 Å². The monoisotopic (exact) mass is 423 g/mol. The highest BCUT2D eigenvalue weighted by Crippen LogP contribution is 2.42. The molecule has 5 rings (SSSR count).